The van der Waals surface area contributed by atoms with Crippen molar-refractivity contribution < 1.29 is 18.8 Å². The van der Waals surface area contributed by atoms with Gasteiger partial charge >= 0.3 is 0 Å². The molecule has 4 fully saturated rings. The molecule has 4 aliphatic rings. The molecule has 1 aromatic carbocycles. The first-order valence-corrected chi connectivity index (χ1v) is 10.4. The largest absolute Gasteiger partial charge is 0.347 e. The lowest BCUT2D eigenvalue weighted by Crippen LogP contribution is -2.48. The van der Waals surface area contributed by atoms with Gasteiger partial charge < -0.3 is 16.0 Å². The van der Waals surface area contributed by atoms with Crippen LogP contribution >= 0.6 is 0 Å². The van der Waals surface area contributed by atoms with Gasteiger partial charge in [-0.3, -0.25) is 14.4 Å². The van der Waals surface area contributed by atoms with Gasteiger partial charge in [0, 0.05) is 19.0 Å². The van der Waals surface area contributed by atoms with E-state index in [0.29, 0.717) is 12.1 Å². The highest BCUT2D eigenvalue weighted by Gasteiger charge is 2.51. The lowest BCUT2D eigenvalue weighted by atomic mass is 9.49. The molecule has 0 aromatic heterocycles. The van der Waals surface area contributed by atoms with Crippen LogP contribution < -0.4 is 16.0 Å². The Labute approximate surface area is 170 Å². The molecule has 7 heteroatoms. The number of anilines is 2. The molecule has 0 aliphatic heterocycles. The third-order valence-corrected chi connectivity index (χ3v) is 6.71. The number of carbonyl (C=O) groups excluding carboxylic acids is 3. The summed E-state index contributed by atoms with van der Waals surface area (Å²) >= 11 is 0. The van der Waals surface area contributed by atoms with Gasteiger partial charge in [-0.1, -0.05) is 0 Å². The van der Waals surface area contributed by atoms with Crippen molar-refractivity contribution in [3.05, 3.63) is 24.0 Å². The number of halogens is 1. The van der Waals surface area contributed by atoms with E-state index < -0.39 is 11.7 Å². The van der Waals surface area contributed by atoms with Gasteiger partial charge in [0.1, 0.15) is 5.82 Å². The second kappa shape index (κ2) is 7.76. The molecular weight excluding hydrogens is 373 g/mol. The average molecular weight is 401 g/mol. The van der Waals surface area contributed by atoms with Crippen molar-refractivity contribution in [2.24, 2.45) is 23.2 Å². The summed E-state index contributed by atoms with van der Waals surface area (Å²) in [4.78, 5) is 35.8. The number of rotatable bonds is 6. The zero-order valence-electron chi connectivity index (χ0n) is 16.7. The average Bonchev–Trinajstić information content (AvgIpc) is 2.61. The van der Waals surface area contributed by atoms with Crippen LogP contribution in [-0.4, -0.2) is 24.3 Å². The molecule has 0 radical (unpaired) electrons. The van der Waals surface area contributed by atoms with E-state index in [-0.39, 0.29) is 29.5 Å². The Balaban J connectivity index is 1.28. The van der Waals surface area contributed by atoms with Crippen LogP contribution in [-0.2, 0) is 14.4 Å². The summed E-state index contributed by atoms with van der Waals surface area (Å²) in [6.45, 7) is 1.15. The normalized spacial score (nSPS) is 29.4. The quantitative estimate of drug-likeness (QED) is 0.682. The molecule has 0 heterocycles. The lowest BCUT2D eigenvalue weighted by Gasteiger charge is -2.56. The van der Waals surface area contributed by atoms with Crippen LogP contribution in [0.4, 0.5) is 15.8 Å². The summed E-state index contributed by atoms with van der Waals surface area (Å²) in [6, 6.07) is 3.94. The Kier molecular flexibility index (Phi) is 5.32. The van der Waals surface area contributed by atoms with E-state index in [9.17, 15) is 18.8 Å². The number of nitrogens with one attached hydrogen (secondary N) is 3. The third-order valence-electron chi connectivity index (χ3n) is 6.71. The Morgan fingerprint density at radius 3 is 2.21 bits per heavy atom. The number of amides is 3. The molecule has 0 spiro atoms. The number of hydrogen-bond donors (Lipinski definition) is 3. The zero-order chi connectivity index (χ0) is 20.6. The van der Waals surface area contributed by atoms with E-state index in [2.05, 4.69) is 16.0 Å². The molecule has 29 heavy (non-hydrogen) atoms. The van der Waals surface area contributed by atoms with Gasteiger partial charge in [-0.05, 0) is 79.9 Å². The molecule has 6 nitrogen and oxygen atoms in total. The topological polar surface area (TPSA) is 87.3 Å². The van der Waals surface area contributed by atoms with Gasteiger partial charge in [0.25, 0.3) is 0 Å². The fraction of sp³-hybridized carbons (Fsp3) is 0.591. The predicted octanol–water partition coefficient (Wildman–Crippen LogP) is 3.45. The highest BCUT2D eigenvalue weighted by Crippen LogP contribution is 2.61. The van der Waals surface area contributed by atoms with Gasteiger partial charge in [0.05, 0.1) is 12.2 Å². The fourth-order valence-electron chi connectivity index (χ4n) is 6.18. The maximum atomic E-state index is 13.7. The molecule has 1 aromatic rings. The fourth-order valence-corrected chi connectivity index (χ4v) is 6.18. The standard InChI is InChI=1S/C22H28FN3O3/c1-13(27)25-19-7-17(2-3-18(19)23)26-21(29)12-24-20(28)11-22-8-14-4-15(9-22)6-16(5-14)10-22/h2-3,7,14-16H,4-6,8-12H2,1H3,(H,24,28)(H,25,27)(H,26,29). The van der Waals surface area contributed by atoms with E-state index in [0.717, 1.165) is 37.0 Å². The minimum Gasteiger partial charge on any atom is -0.347 e. The minimum absolute atomic E-state index is 0.00107. The van der Waals surface area contributed by atoms with Crippen molar-refractivity contribution in [3.8, 4) is 0 Å². The molecule has 4 saturated carbocycles. The number of carbonyl (C=O) groups is 3. The van der Waals surface area contributed by atoms with Gasteiger partial charge in [-0.2, -0.15) is 0 Å². The van der Waals surface area contributed by atoms with Gasteiger partial charge in [0.2, 0.25) is 17.7 Å². The van der Waals surface area contributed by atoms with E-state index in [1.165, 1.54) is 44.4 Å². The summed E-state index contributed by atoms with van der Waals surface area (Å²) in [7, 11) is 0. The summed E-state index contributed by atoms with van der Waals surface area (Å²) < 4.78 is 13.7. The summed E-state index contributed by atoms with van der Waals surface area (Å²) in [6.07, 6.45) is 7.97. The van der Waals surface area contributed by atoms with Crippen molar-refractivity contribution >= 4 is 29.1 Å². The van der Waals surface area contributed by atoms with Crippen molar-refractivity contribution in [2.45, 2.75) is 51.9 Å². The monoisotopic (exact) mass is 401 g/mol. The van der Waals surface area contributed by atoms with Crippen molar-refractivity contribution in [2.75, 3.05) is 17.2 Å². The summed E-state index contributed by atoms with van der Waals surface area (Å²) in [5.41, 5.74) is 0.496. The second-order valence-corrected chi connectivity index (χ2v) is 9.30. The maximum absolute atomic E-state index is 13.7. The Morgan fingerprint density at radius 2 is 1.62 bits per heavy atom. The Bertz CT molecular complexity index is 803. The Hall–Kier alpha value is -2.44. The molecule has 0 saturated heterocycles. The van der Waals surface area contributed by atoms with Crippen molar-refractivity contribution in [3.63, 3.8) is 0 Å². The lowest BCUT2D eigenvalue weighted by molar-refractivity contribution is -0.131. The van der Waals surface area contributed by atoms with Crippen LogP contribution in [0.1, 0.15) is 51.9 Å². The molecular formula is C22H28FN3O3. The highest BCUT2D eigenvalue weighted by atomic mass is 19.1. The molecule has 3 N–H and O–H groups in total. The molecule has 3 amide bonds. The third kappa shape index (κ3) is 4.60. The second-order valence-electron chi connectivity index (χ2n) is 9.30. The van der Waals surface area contributed by atoms with Crippen molar-refractivity contribution in [1.82, 2.24) is 5.32 Å². The van der Waals surface area contributed by atoms with Gasteiger partial charge in [-0.25, -0.2) is 4.39 Å². The molecule has 156 valence electrons. The van der Waals surface area contributed by atoms with Crippen LogP contribution in [0.2, 0.25) is 0 Å². The summed E-state index contributed by atoms with van der Waals surface area (Å²) in [5, 5.41) is 7.74. The SMILES string of the molecule is CC(=O)Nc1cc(NC(=O)CNC(=O)CC23CC4CC(CC(C4)C2)C3)ccc1F. The minimum atomic E-state index is -0.581. The predicted molar refractivity (Wildman–Crippen MR) is 108 cm³/mol. The molecule has 4 bridgehead atoms. The summed E-state index contributed by atoms with van der Waals surface area (Å²) in [5.74, 6) is 0.923. The number of benzene rings is 1. The van der Waals surface area contributed by atoms with E-state index in [1.54, 1.807) is 0 Å². The molecule has 0 atom stereocenters. The zero-order valence-corrected chi connectivity index (χ0v) is 16.7. The van der Waals surface area contributed by atoms with Gasteiger partial charge in [-0.15, -0.1) is 0 Å². The first kappa shape index (κ1) is 19.9. The molecule has 0 unspecified atom stereocenters. The van der Waals surface area contributed by atoms with E-state index in [4.69, 9.17) is 0 Å². The van der Waals surface area contributed by atoms with Crippen LogP contribution in [0.25, 0.3) is 0 Å². The van der Waals surface area contributed by atoms with E-state index in [1.807, 2.05) is 0 Å². The van der Waals surface area contributed by atoms with Crippen molar-refractivity contribution in [1.29, 1.82) is 0 Å². The molecule has 4 aliphatic carbocycles. The molecule has 5 rings (SSSR count). The number of hydrogen-bond acceptors (Lipinski definition) is 3. The Morgan fingerprint density at radius 1 is 1.00 bits per heavy atom. The van der Waals surface area contributed by atoms with E-state index >= 15 is 0 Å². The smallest absolute Gasteiger partial charge is 0.243 e. The van der Waals surface area contributed by atoms with Crippen LogP contribution in [0, 0.1) is 29.0 Å². The first-order chi connectivity index (χ1) is 13.8. The van der Waals surface area contributed by atoms with Crippen LogP contribution in [0.3, 0.4) is 0 Å². The van der Waals surface area contributed by atoms with Gasteiger partial charge in [0.15, 0.2) is 0 Å². The highest BCUT2D eigenvalue weighted by molar-refractivity contribution is 5.96. The maximum Gasteiger partial charge on any atom is 0.243 e. The van der Waals surface area contributed by atoms with Crippen LogP contribution in [0.5, 0.6) is 0 Å². The first-order valence-electron chi connectivity index (χ1n) is 10.4. The van der Waals surface area contributed by atoms with Crippen LogP contribution in [0.15, 0.2) is 18.2 Å².